The van der Waals surface area contributed by atoms with Crippen LogP contribution in [-0.4, -0.2) is 75.4 Å². The molecule has 3 aromatic carbocycles. The minimum atomic E-state index is -5.18. The number of aryl methyl sites for hydroxylation is 2. The summed E-state index contributed by atoms with van der Waals surface area (Å²) in [5.74, 6) is -5.35. The molecule has 6 aromatic rings. The molecule has 60 heavy (non-hydrogen) atoms. The van der Waals surface area contributed by atoms with E-state index < -0.39 is 83.7 Å². The van der Waals surface area contributed by atoms with E-state index >= 15 is 4.39 Å². The zero-order chi connectivity index (χ0) is 43.1. The van der Waals surface area contributed by atoms with Gasteiger partial charge in [-0.2, -0.15) is 13.2 Å². The molecule has 4 heterocycles. The second-order valence-corrected chi connectivity index (χ2v) is 13.6. The predicted octanol–water partition coefficient (Wildman–Crippen LogP) is 5.69. The number of nitrogens with zero attached hydrogens (tertiary/aromatic N) is 5. The van der Waals surface area contributed by atoms with Gasteiger partial charge in [-0.15, -0.1) is 13.2 Å². The molecule has 1 fully saturated rings. The Morgan fingerprint density at radius 1 is 0.967 bits per heavy atom. The zero-order valence-corrected chi connectivity index (χ0v) is 31.3. The van der Waals surface area contributed by atoms with Crippen LogP contribution < -0.4 is 30.9 Å². The lowest BCUT2D eigenvalue weighted by Gasteiger charge is -2.38. The number of ether oxygens (including phenoxy) is 3. The number of carbonyl (C=O) groups is 2. The van der Waals surface area contributed by atoms with Crippen molar-refractivity contribution >= 4 is 39.4 Å². The third kappa shape index (κ3) is 8.22. The molecule has 13 nitrogen and oxygen atoms in total. The number of fused-ring (bicyclic) bond motifs is 2. The van der Waals surface area contributed by atoms with Gasteiger partial charge in [0.1, 0.15) is 17.9 Å². The summed E-state index contributed by atoms with van der Waals surface area (Å²) in [6, 6.07) is 9.66. The fourth-order valence-electron chi connectivity index (χ4n) is 7.01. The Bertz CT molecular complexity index is 2750. The molecular weight excluding hydrogens is 809 g/mol. The number of rotatable bonds is 9. The van der Waals surface area contributed by atoms with Crippen LogP contribution in [0, 0.1) is 12.7 Å². The molecule has 2 atom stereocenters. The van der Waals surface area contributed by atoms with Crippen molar-refractivity contribution in [3.8, 4) is 17.2 Å². The van der Waals surface area contributed by atoms with E-state index in [4.69, 9.17) is 9.47 Å². The lowest BCUT2D eigenvalue weighted by molar-refractivity contribution is -0.275. The summed E-state index contributed by atoms with van der Waals surface area (Å²) in [6.45, 7) is 0.266. The van der Waals surface area contributed by atoms with Crippen LogP contribution in [-0.2, 0) is 23.0 Å². The summed E-state index contributed by atoms with van der Waals surface area (Å²) in [5.41, 5.74) is -1.69. The molecule has 3 aromatic heterocycles. The normalized spacial score (nSPS) is 15.2. The number of esters is 1. The third-order valence-corrected chi connectivity index (χ3v) is 9.79. The molecule has 0 saturated carbocycles. The van der Waals surface area contributed by atoms with Gasteiger partial charge in [-0.1, -0.05) is 24.3 Å². The number of pyridine rings is 2. The molecular formula is C40H31F7N6O7. The molecule has 0 aliphatic carbocycles. The number of para-hydroxylation sites is 2. The highest BCUT2D eigenvalue weighted by Crippen LogP contribution is 2.35. The number of hydrogen-bond acceptors (Lipinski definition) is 10. The average molecular weight is 841 g/mol. The summed E-state index contributed by atoms with van der Waals surface area (Å²) >= 11 is 0. The maximum absolute atomic E-state index is 15.9. The summed E-state index contributed by atoms with van der Waals surface area (Å²) in [4.78, 5) is 64.4. The van der Waals surface area contributed by atoms with Gasteiger partial charge in [0.15, 0.2) is 11.5 Å². The number of hydrogen-bond donors (Lipinski definition) is 1. The van der Waals surface area contributed by atoms with Crippen LogP contribution in [0.3, 0.4) is 0 Å². The second-order valence-electron chi connectivity index (χ2n) is 13.6. The lowest BCUT2D eigenvalue weighted by atomic mass is 9.99. The highest BCUT2D eigenvalue weighted by molar-refractivity contribution is 5.99. The number of alkyl halides is 6. The number of morpholine rings is 1. The van der Waals surface area contributed by atoms with Gasteiger partial charge in [-0.25, -0.2) is 18.5 Å². The standard InChI is InChI=1S/C40H31F7N6O7/c1-21-16-23(52-14-15-58-20-32(52)39(42,43)44)18-26(41)33(21)35(54)50-27(37(56)59-30-7-3-4-8-31(30)60-40(45,46)47)17-22-9-10-28(34-24(22)6-5-12-49-34)53-36(55)25-11-13-48-19-29(25)51(2)38(53)57/h3-13,16,18-19,27,32H,14-15,17,20H2,1-2H3,(H,50,54)/t27-,32+/m0/s1. The smallest absolute Gasteiger partial charge is 0.421 e. The molecule has 0 unspecified atom stereocenters. The van der Waals surface area contributed by atoms with Crippen LogP contribution in [0.4, 0.5) is 36.4 Å². The van der Waals surface area contributed by atoms with Crippen molar-refractivity contribution < 1.29 is 54.5 Å². The first-order valence-electron chi connectivity index (χ1n) is 17.9. The minimum absolute atomic E-state index is 0.0471. The third-order valence-electron chi connectivity index (χ3n) is 9.79. The largest absolute Gasteiger partial charge is 0.573 e. The number of amides is 1. The summed E-state index contributed by atoms with van der Waals surface area (Å²) in [5, 5.41) is 2.81. The number of anilines is 1. The molecule has 1 aliphatic rings. The Labute approximate surface area is 333 Å². The van der Waals surface area contributed by atoms with Gasteiger partial charge in [0.2, 0.25) is 0 Å². The molecule has 20 heteroatoms. The Morgan fingerprint density at radius 2 is 1.72 bits per heavy atom. The van der Waals surface area contributed by atoms with E-state index in [-0.39, 0.29) is 57.5 Å². The second kappa shape index (κ2) is 16.1. The van der Waals surface area contributed by atoms with E-state index in [1.165, 1.54) is 79.6 Å². The zero-order valence-electron chi connectivity index (χ0n) is 31.3. The minimum Gasteiger partial charge on any atom is -0.421 e. The van der Waals surface area contributed by atoms with Crippen LogP contribution >= 0.6 is 0 Å². The van der Waals surface area contributed by atoms with Crippen LogP contribution in [0.1, 0.15) is 21.5 Å². The first kappa shape index (κ1) is 41.3. The Kier molecular flexibility index (Phi) is 11.1. The Balaban J connectivity index is 1.28. The Morgan fingerprint density at radius 3 is 2.43 bits per heavy atom. The number of carbonyl (C=O) groups excluding carboxylic acids is 2. The van der Waals surface area contributed by atoms with Crippen molar-refractivity contribution in [2.75, 3.05) is 24.7 Å². The summed E-state index contributed by atoms with van der Waals surface area (Å²) in [6.07, 6.45) is -6.27. The Hall–Kier alpha value is -6.83. The summed E-state index contributed by atoms with van der Waals surface area (Å²) < 4.78 is 114. The first-order chi connectivity index (χ1) is 28.4. The number of benzene rings is 3. The molecule has 1 saturated heterocycles. The highest BCUT2D eigenvalue weighted by atomic mass is 19.4. The topological polar surface area (TPSA) is 147 Å². The van der Waals surface area contributed by atoms with Crippen molar-refractivity contribution in [3.63, 3.8) is 0 Å². The molecule has 1 amide bonds. The average Bonchev–Trinajstić information content (AvgIpc) is 3.20. The van der Waals surface area contributed by atoms with E-state index in [1.807, 2.05) is 0 Å². The van der Waals surface area contributed by atoms with E-state index in [9.17, 15) is 45.5 Å². The van der Waals surface area contributed by atoms with E-state index in [0.29, 0.717) is 0 Å². The van der Waals surface area contributed by atoms with E-state index in [0.717, 1.165) is 27.7 Å². The number of halogens is 7. The molecule has 0 radical (unpaired) electrons. The maximum atomic E-state index is 15.9. The van der Waals surface area contributed by atoms with Crippen LogP contribution in [0.2, 0.25) is 0 Å². The molecule has 0 spiro atoms. The van der Waals surface area contributed by atoms with Gasteiger partial charge in [-0.3, -0.25) is 24.1 Å². The van der Waals surface area contributed by atoms with Gasteiger partial charge in [0, 0.05) is 43.5 Å². The molecule has 312 valence electrons. The monoisotopic (exact) mass is 840 g/mol. The van der Waals surface area contributed by atoms with Crippen molar-refractivity contribution in [2.45, 2.75) is 38.0 Å². The predicted molar refractivity (Wildman–Crippen MR) is 201 cm³/mol. The fourth-order valence-corrected chi connectivity index (χ4v) is 7.01. The van der Waals surface area contributed by atoms with Crippen molar-refractivity contribution in [1.82, 2.24) is 24.4 Å². The molecule has 1 N–H and O–H groups in total. The molecule has 0 bridgehead atoms. The molecule has 7 rings (SSSR count). The van der Waals surface area contributed by atoms with Crippen LogP contribution in [0.5, 0.6) is 11.5 Å². The van der Waals surface area contributed by atoms with E-state index in [2.05, 4.69) is 20.0 Å². The summed E-state index contributed by atoms with van der Waals surface area (Å²) in [7, 11) is 1.45. The van der Waals surface area contributed by atoms with Crippen LogP contribution in [0.15, 0.2) is 94.9 Å². The van der Waals surface area contributed by atoms with Crippen molar-refractivity contribution in [3.05, 3.63) is 129 Å². The molecule has 1 aliphatic heterocycles. The van der Waals surface area contributed by atoms with E-state index in [1.54, 1.807) is 6.07 Å². The van der Waals surface area contributed by atoms with Crippen molar-refractivity contribution in [2.24, 2.45) is 7.05 Å². The van der Waals surface area contributed by atoms with Crippen molar-refractivity contribution in [1.29, 1.82) is 0 Å². The van der Waals surface area contributed by atoms with Gasteiger partial charge in [-0.05, 0) is 60.5 Å². The van der Waals surface area contributed by atoms with Gasteiger partial charge in [0.25, 0.3) is 11.5 Å². The van der Waals surface area contributed by atoms with Gasteiger partial charge >= 0.3 is 24.2 Å². The fraction of sp³-hybridized carbons (Fsp3) is 0.250. The maximum Gasteiger partial charge on any atom is 0.573 e. The van der Waals surface area contributed by atoms with Gasteiger partial charge < -0.3 is 24.4 Å². The number of nitrogens with one attached hydrogen (secondary N) is 1. The first-order valence-corrected chi connectivity index (χ1v) is 17.9. The highest BCUT2D eigenvalue weighted by Gasteiger charge is 2.46. The quantitative estimate of drug-likeness (QED) is 0.109. The van der Waals surface area contributed by atoms with Crippen LogP contribution in [0.25, 0.3) is 27.5 Å². The van der Waals surface area contributed by atoms with Gasteiger partial charge in [0.05, 0.1) is 47.1 Å². The number of aromatic nitrogens is 4. The SMILES string of the molecule is Cc1cc(N2CCOC[C@@H]2C(F)(F)F)cc(F)c1C(=O)N[C@@H](Cc1ccc(-n2c(=O)c3ccncc3n(C)c2=O)c2ncccc12)C(=O)Oc1ccccc1OC(F)(F)F. The lowest BCUT2D eigenvalue weighted by Crippen LogP contribution is -2.53.